The van der Waals surface area contributed by atoms with Gasteiger partial charge >= 0.3 is 0 Å². The lowest BCUT2D eigenvalue weighted by Crippen LogP contribution is -2.37. The molecule has 152 valence electrons. The van der Waals surface area contributed by atoms with Crippen molar-refractivity contribution in [1.29, 1.82) is 0 Å². The number of aromatic amines is 1. The first-order valence-electron chi connectivity index (χ1n) is 10.4. The minimum absolute atomic E-state index is 0.110. The van der Waals surface area contributed by atoms with Gasteiger partial charge in [-0.1, -0.05) is 42.5 Å². The van der Waals surface area contributed by atoms with Gasteiger partial charge in [0.15, 0.2) is 0 Å². The zero-order valence-electron chi connectivity index (χ0n) is 17.7. The Bertz CT molecular complexity index is 1150. The molecule has 0 aliphatic rings. The summed E-state index contributed by atoms with van der Waals surface area (Å²) in [6.07, 6.45) is 3.90. The Morgan fingerprint density at radius 3 is 2.47 bits per heavy atom. The van der Waals surface area contributed by atoms with Crippen molar-refractivity contribution < 1.29 is 4.79 Å². The van der Waals surface area contributed by atoms with E-state index < -0.39 is 0 Å². The number of amides is 1. The summed E-state index contributed by atoms with van der Waals surface area (Å²) in [6.45, 7) is 6.80. The summed E-state index contributed by atoms with van der Waals surface area (Å²) in [5, 5.41) is 1.11. The number of carbonyl (C=O) groups is 1. The molecule has 0 saturated carbocycles. The second kappa shape index (κ2) is 8.54. The summed E-state index contributed by atoms with van der Waals surface area (Å²) in [5.74, 6) is 0.125. The highest BCUT2D eigenvalue weighted by molar-refractivity contribution is 5.95. The van der Waals surface area contributed by atoms with E-state index in [0.29, 0.717) is 13.0 Å². The lowest BCUT2D eigenvalue weighted by molar-refractivity contribution is -0.132. The third kappa shape index (κ3) is 4.13. The second-order valence-corrected chi connectivity index (χ2v) is 8.04. The fourth-order valence-corrected chi connectivity index (χ4v) is 3.90. The number of nitrogens with zero attached hydrogens (tertiary/aromatic N) is 2. The molecule has 1 N–H and O–H groups in total. The highest BCUT2D eigenvalue weighted by Gasteiger charge is 2.22. The Balaban J connectivity index is 1.72. The molecule has 2 aromatic carbocycles. The van der Waals surface area contributed by atoms with Gasteiger partial charge in [-0.15, -0.1) is 0 Å². The predicted octanol–water partition coefficient (Wildman–Crippen LogP) is 5.52. The van der Waals surface area contributed by atoms with Crippen molar-refractivity contribution in [2.24, 2.45) is 0 Å². The molecule has 4 heteroatoms. The number of hydrogen-bond donors (Lipinski definition) is 1. The van der Waals surface area contributed by atoms with E-state index >= 15 is 0 Å². The van der Waals surface area contributed by atoms with Crippen LogP contribution in [0.2, 0.25) is 0 Å². The zero-order chi connectivity index (χ0) is 21.1. The molecule has 0 bridgehead atoms. The third-order valence-corrected chi connectivity index (χ3v) is 5.50. The Hall–Kier alpha value is -3.40. The number of H-pyrrole nitrogens is 1. The van der Waals surface area contributed by atoms with E-state index in [2.05, 4.69) is 61.1 Å². The number of hydrogen-bond acceptors (Lipinski definition) is 2. The monoisotopic (exact) mass is 397 g/mol. The third-order valence-electron chi connectivity index (χ3n) is 5.50. The van der Waals surface area contributed by atoms with E-state index in [1.807, 2.05) is 35.2 Å². The van der Waals surface area contributed by atoms with Crippen molar-refractivity contribution in [3.8, 4) is 11.3 Å². The SMILES string of the molecule is Cc1ccc2c(CC(=O)N(Cc3ccncc3)C(C)C)c(-c3ccccc3)[nH]c2c1. The maximum Gasteiger partial charge on any atom is 0.227 e. The van der Waals surface area contributed by atoms with Gasteiger partial charge < -0.3 is 9.88 Å². The normalized spacial score (nSPS) is 11.2. The second-order valence-electron chi connectivity index (χ2n) is 8.04. The number of nitrogens with one attached hydrogen (secondary N) is 1. The number of benzene rings is 2. The van der Waals surface area contributed by atoms with Gasteiger partial charge in [0, 0.05) is 35.9 Å². The molecule has 4 rings (SSSR count). The zero-order valence-corrected chi connectivity index (χ0v) is 17.7. The highest BCUT2D eigenvalue weighted by atomic mass is 16.2. The van der Waals surface area contributed by atoms with Gasteiger partial charge in [0.2, 0.25) is 5.91 Å². The van der Waals surface area contributed by atoms with E-state index in [-0.39, 0.29) is 11.9 Å². The molecule has 0 aliphatic heterocycles. The minimum Gasteiger partial charge on any atom is -0.354 e. The minimum atomic E-state index is 0.110. The van der Waals surface area contributed by atoms with Gasteiger partial charge in [0.25, 0.3) is 0 Å². The number of pyridine rings is 1. The first-order chi connectivity index (χ1) is 14.5. The molecule has 0 atom stereocenters. The summed E-state index contributed by atoms with van der Waals surface area (Å²) >= 11 is 0. The van der Waals surface area contributed by atoms with Gasteiger partial charge in [-0.05, 0) is 61.2 Å². The molecule has 0 spiro atoms. The fourth-order valence-electron chi connectivity index (χ4n) is 3.90. The quantitative estimate of drug-likeness (QED) is 0.466. The maximum absolute atomic E-state index is 13.4. The van der Waals surface area contributed by atoms with Crippen LogP contribution in [0.25, 0.3) is 22.2 Å². The van der Waals surface area contributed by atoms with Crippen LogP contribution in [0.4, 0.5) is 0 Å². The molecular weight excluding hydrogens is 370 g/mol. The van der Waals surface area contributed by atoms with Crippen molar-refractivity contribution in [1.82, 2.24) is 14.9 Å². The van der Waals surface area contributed by atoms with Crippen molar-refractivity contribution in [3.05, 3.63) is 89.7 Å². The molecule has 0 radical (unpaired) electrons. The van der Waals surface area contributed by atoms with Crippen molar-refractivity contribution in [2.45, 2.75) is 39.8 Å². The predicted molar refractivity (Wildman–Crippen MR) is 122 cm³/mol. The van der Waals surface area contributed by atoms with Crippen LogP contribution in [-0.4, -0.2) is 26.8 Å². The van der Waals surface area contributed by atoms with Crippen molar-refractivity contribution >= 4 is 16.8 Å². The van der Waals surface area contributed by atoms with Gasteiger partial charge in [0.1, 0.15) is 0 Å². The Kier molecular flexibility index (Phi) is 5.66. The van der Waals surface area contributed by atoms with Crippen LogP contribution in [0.5, 0.6) is 0 Å². The first kappa shape index (κ1) is 19.9. The van der Waals surface area contributed by atoms with E-state index in [4.69, 9.17) is 0 Å². The molecule has 30 heavy (non-hydrogen) atoms. The molecule has 4 aromatic rings. The highest BCUT2D eigenvalue weighted by Crippen LogP contribution is 2.32. The molecular formula is C26H27N3O. The molecule has 0 aliphatic carbocycles. The first-order valence-corrected chi connectivity index (χ1v) is 10.4. The number of fused-ring (bicyclic) bond motifs is 1. The lowest BCUT2D eigenvalue weighted by atomic mass is 10.0. The number of aromatic nitrogens is 2. The largest absolute Gasteiger partial charge is 0.354 e. The molecule has 0 saturated heterocycles. The number of aryl methyl sites for hydroxylation is 1. The van der Waals surface area contributed by atoms with Crippen LogP contribution < -0.4 is 0 Å². The number of rotatable bonds is 6. The molecule has 4 nitrogen and oxygen atoms in total. The van der Waals surface area contributed by atoms with Crippen molar-refractivity contribution in [2.75, 3.05) is 0 Å². The van der Waals surface area contributed by atoms with Crippen LogP contribution in [0.1, 0.15) is 30.5 Å². The Morgan fingerprint density at radius 2 is 1.77 bits per heavy atom. The topological polar surface area (TPSA) is 49.0 Å². The summed E-state index contributed by atoms with van der Waals surface area (Å²) in [6, 6.07) is 20.7. The van der Waals surface area contributed by atoms with E-state index in [9.17, 15) is 4.79 Å². The molecule has 2 heterocycles. The van der Waals surface area contributed by atoms with Gasteiger partial charge in [-0.2, -0.15) is 0 Å². The summed E-state index contributed by atoms with van der Waals surface area (Å²) in [5.41, 5.74) is 6.53. The summed E-state index contributed by atoms with van der Waals surface area (Å²) in [7, 11) is 0. The summed E-state index contributed by atoms with van der Waals surface area (Å²) in [4.78, 5) is 23.0. The molecule has 0 fully saturated rings. The Morgan fingerprint density at radius 1 is 1.03 bits per heavy atom. The van der Waals surface area contributed by atoms with Gasteiger partial charge in [-0.25, -0.2) is 0 Å². The van der Waals surface area contributed by atoms with Gasteiger partial charge in [0.05, 0.1) is 12.1 Å². The average molecular weight is 398 g/mol. The average Bonchev–Trinajstić information content (AvgIpc) is 3.10. The van der Waals surface area contributed by atoms with Crippen molar-refractivity contribution in [3.63, 3.8) is 0 Å². The van der Waals surface area contributed by atoms with E-state index in [1.165, 1.54) is 5.56 Å². The van der Waals surface area contributed by atoms with Gasteiger partial charge in [-0.3, -0.25) is 9.78 Å². The standard InChI is InChI=1S/C26H27N3O/c1-18(2)29(17-20-11-13-27-14-12-20)25(30)16-23-22-10-9-19(3)15-24(22)28-26(23)21-7-5-4-6-8-21/h4-15,18,28H,16-17H2,1-3H3. The van der Waals surface area contributed by atoms with Crippen LogP contribution in [0.3, 0.4) is 0 Å². The van der Waals surface area contributed by atoms with E-state index in [0.717, 1.165) is 33.3 Å². The smallest absolute Gasteiger partial charge is 0.227 e. The molecule has 1 amide bonds. The molecule has 2 aromatic heterocycles. The number of carbonyl (C=O) groups excluding carboxylic acids is 1. The summed E-state index contributed by atoms with van der Waals surface area (Å²) < 4.78 is 0. The molecule has 0 unspecified atom stereocenters. The van der Waals surface area contributed by atoms with Crippen LogP contribution in [0.15, 0.2) is 73.1 Å². The maximum atomic E-state index is 13.4. The van der Waals surface area contributed by atoms with Crippen LogP contribution in [-0.2, 0) is 17.8 Å². The fraction of sp³-hybridized carbons (Fsp3) is 0.231. The lowest BCUT2D eigenvalue weighted by Gasteiger charge is -2.27. The van der Waals surface area contributed by atoms with Crippen LogP contribution >= 0.6 is 0 Å². The van der Waals surface area contributed by atoms with E-state index in [1.54, 1.807) is 12.4 Å². The Labute approximate surface area is 177 Å². The van der Waals surface area contributed by atoms with Crippen LogP contribution in [0, 0.1) is 6.92 Å².